The predicted octanol–water partition coefficient (Wildman–Crippen LogP) is 3.30. The summed E-state index contributed by atoms with van der Waals surface area (Å²) in [4.78, 5) is 31.0. The van der Waals surface area contributed by atoms with Crippen molar-refractivity contribution >= 4 is 23.4 Å². The van der Waals surface area contributed by atoms with Crippen molar-refractivity contribution in [3.8, 4) is 29.0 Å². The van der Waals surface area contributed by atoms with Gasteiger partial charge < -0.3 is 34.6 Å². The first-order chi connectivity index (χ1) is 21.5. The molecule has 3 unspecified atom stereocenters. The number of carbonyl (C=O) groups is 1. The van der Waals surface area contributed by atoms with E-state index in [0.29, 0.717) is 29.0 Å². The maximum absolute atomic E-state index is 14.9. The molecule has 3 aromatic rings. The second kappa shape index (κ2) is 13.2. The van der Waals surface area contributed by atoms with E-state index in [9.17, 15) is 23.9 Å². The van der Waals surface area contributed by atoms with Crippen LogP contribution in [0, 0.1) is 11.3 Å². The van der Waals surface area contributed by atoms with Gasteiger partial charge in [-0.1, -0.05) is 0 Å². The molecule has 0 bridgehead atoms. The molecule has 1 amide bonds. The lowest BCUT2D eigenvalue weighted by atomic mass is 10.0. The minimum atomic E-state index is -3.38. The van der Waals surface area contributed by atoms with Gasteiger partial charge in [-0.15, -0.1) is 0 Å². The van der Waals surface area contributed by atoms with Crippen LogP contribution in [0.3, 0.4) is 0 Å². The van der Waals surface area contributed by atoms with Crippen LogP contribution < -0.4 is 19.7 Å². The van der Waals surface area contributed by atoms with Crippen molar-refractivity contribution in [3.05, 3.63) is 48.2 Å². The maximum atomic E-state index is 14.9. The fourth-order valence-electron chi connectivity index (χ4n) is 5.61. The number of piperidine rings is 1. The molecule has 238 valence electrons. The van der Waals surface area contributed by atoms with Gasteiger partial charge in [-0.2, -0.15) is 10.2 Å². The van der Waals surface area contributed by atoms with Crippen molar-refractivity contribution in [3.63, 3.8) is 0 Å². The maximum Gasteiger partial charge on any atom is 0.301 e. The van der Waals surface area contributed by atoms with Gasteiger partial charge in [-0.25, -0.2) is 18.7 Å². The van der Waals surface area contributed by atoms with Crippen LogP contribution in [-0.4, -0.2) is 107 Å². The standard InChI is InChI=1S/C31H36F2N8O4/c1-19-17-39(3)13-14-41(19)24-6-8-27(37-28(24)44-4)38-30-35-11-9-23(36-30)21-5-7-25(22(15-21)16-34)45-26-10-12-40(18-31(26,32)33)29(43)20(2)42/h5-9,11,15,19-20,26,42H,10,12-14,17-18H2,1-4H3,(H,35,36,37,38). The molecule has 2 saturated heterocycles. The van der Waals surface area contributed by atoms with E-state index in [-0.39, 0.29) is 30.2 Å². The number of methoxy groups -OCH3 is 1. The fourth-order valence-corrected chi connectivity index (χ4v) is 5.61. The Morgan fingerprint density at radius 2 is 2.00 bits per heavy atom. The summed E-state index contributed by atoms with van der Waals surface area (Å²) in [7, 11) is 3.68. The third kappa shape index (κ3) is 7.05. The summed E-state index contributed by atoms with van der Waals surface area (Å²) in [5.74, 6) is -2.91. The minimum Gasteiger partial charge on any atom is -0.483 e. The Balaban J connectivity index is 1.30. The van der Waals surface area contributed by atoms with Crippen LogP contribution in [-0.2, 0) is 4.79 Å². The number of piperazine rings is 1. The molecule has 2 fully saturated rings. The van der Waals surface area contributed by atoms with Gasteiger partial charge in [0.1, 0.15) is 29.4 Å². The van der Waals surface area contributed by atoms with E-state index >= 15 is 0 Å². The van der Waals surface area contributed by atoms with Crippen molar-refractivity contribution in [2.45, 2.75) is 44.4 Å². The van der Waals surface area contributed by atoms with E-state index in [2.05, 4.69) is 44.0 Å². The second-order valence-electron chi connectivity index (χ2n) is 11.3. The molecule has 2 aliphatic heterocycles. The molecule has 5 rings (SSSR count). The first-order valence-electron chi connectivity index (χ1n) is 14.6. The number of anilines is 3. The first-order valence-corrected chi connectivity index (χ1v) is 14.6. The summed E-state index contributed by atoms with van der Waals surface area (Å²) in [6.45, 7) is 5.25. The SMILES string of the molecule is COc1nc(Nc2nccc(-c3ccc(OC4CCN(C(=O)C(C)O)CC4(F)F)c(C#N)c3)n2)ccc1N1CCN(C)CC1C. The molecular weight excluding hydrogens is 586 g/mol. The third-order valence-electron chi connectivity index (χ3n) is 7.94. The smallest absolute Gasteiger partial charge is 0.301 e. The van der Waals surface area contributed by atoms with Crippen LogP contribution in [0.5, 0.6) is 11.6 Å². The molecule has 4 heterocycles. The number of alkyl halides is 2. The average Bonchev–Trinajstić information content (AvgIpc) is 3.02. The lowest BCUT2D eigenvalue weighted by Gasteiger charge is -2.40. The number of carbonyl (C=O) groups excluding carboxylic acids is 1. The second-order valence-corrected chi connectivity index (χ2v) is 11.3. The van der Waals surface area contributed by atoms with Crippen molar-refractivity contribution in [2.75, 3.05) is 57.1 Å². The van der Waals surface area contributed by atoms with E-state index < -0.39 is 30.6 Å². The molecule has 0 aliphatic carbocycles. The van der Waals surface area contributed by atoms with Crippen LogP contribution >= 0.6 is 0 Å². The molecule has 45 heavy (non-hydrogen) atoms. The van der Waals surface area contributed by atoms with E-state index in [1.807, 2.05) is 18.2 Å². The number of likely N-dealkylation sites (N-methyl/N-ethyl adjacent to an activating group) is 1. The average molecular weight is 623 g/mol. The molecule has 3 atom stereocenters. The Hall–Kier alpha value is -4.61. The fraction of sp³-hybridized carbons (Fsp3) is 0.452. The van der Waals surface area contributed by atoms with Crippen LogP contribution in [0.1, 0.15) is 25.8 Å². The summed E-state index contributed by atoms with van der Waals surface area (Å²) in [6.07, 6.45) is -1.52. The van der Waals surface area contributed by atoms with Gasteiger partial charge in [0.05, 0.1) is 24.9 Å². The summed E-state index contributed by atoms with van der Waals surface area (Å²) >= 11 is 0. The largest absolute Gasteiger partial charge is 0.483 e. The zero-order valence-corrected chi connectivity index (χ0v) is 25.6. The lowest BCUT2D eigenvalue weighted by molar-refractivity contribution is -0.165. The molecule has 1 aromatic carbocycles. The van der Waals surface area contributed by atoms with Gasteiger partial charge in [0, 0.05) is 50.4 Å². The predicted molar refractivity (Wildman–Crippen MR) is 163 cm³/mol. The van der Waals surface area contributed by atoms with E-state index in [1.165, 1.54) is 19.1 Å². The first kappa shape index (κ1) is 31.8. The number of benzene rings is 1. The van der Waals surface area contributed by atoms with Gasteiger partial charge in [-0.05, 0) is 57.3 Å². The van der Waals surface area contributed by atoms with Crippen molar-refractivity contribution in [1.29, 1.82) is 5.26 Å². The Bertz CT molecular complexity index is 1580. The highest BCUT2D eigenvalue weighted by molar-refractivity contribution is 5.80. The number of nitriles is 1. The van der Waals surface area contributed by atoms with Gasteiger partial charge in [0.2, 0.25) is 11.8 Å². The monoisotopic (exact) mass is 622 g/mol. The van der Waals surface area contributed by atoms with Crippen molar-refractivity contribution in [1.82, 2.24) is 24.8 Å². The highest BCUT2D eigenvalue weighted by Gasteiger charge is 2.48. The number of nitrogens with zero attached hydrogens (tertiary/aromatic N) is 7. The highest BCUT2D eigenvalue weighted by atomic mass is 19.3. The topological polar surface area (TPSA) is 140 Å². The summed E-state index contributed by atoms with van der Waals surface area (Å²) in [5.41, 5.74) is 2.00. The molecule has 0 radical (unpaired) electrons. The molecule has 0 spiro atoms. The number of aliphatic hydroxyl groups is 1. The number of hydrogen-bond donors (Lipinski definition) is 2. The summed E-state index contributed by atoms with van der Waals surface area (Å²) in [5, 5.41) is 22.4. The van der Waals surface area contributed by atoms with E-state index in [4.69, 9.17) is 9.47 Å². The molecule has 2 N–H and O–H groups in total. The number of hydrogen-bond acceptors (Lipinski definition) is 11. The molecule has 2 aliphatic rings. The quantitative estimate of drug-likeness (QED) is 0.383. The Labute approximate surface area is 260 Å². The number of halogens is 2. The molecule has 0 saturated carbocycles. The zero-order chi connectivity index (χ0) is 32.3. The van der Waals surface area contributed by atoms with Crippen LogP contribution in [0.25, 0.3) is 11.3 Å². The van der Waals surface area contributed by atoms with Crippen molar-refractivity contribution < 1.29 is 28.2 Å². The van der Waals surface area contributed by atoms with Gasteiger partial charge in [-0.3, -0.25) is 4.79 Å². The zero-order valence-electron chi connectivity index (χ0n) is 25.6. The van der Waals surface area contributed by atoms with E-state index in [1.54, 1.807) is 25.4 Å². The number of rotatable bonds is 8. The number of likely N-dealkylation sites (tertiary alicyclic amines) is 1. The Morgan fingerprint density at radius 3 is 2.69 bits per heavy atom. The van der Waals surface area contributed by atoms with Crippen LogP contribution in [0.15, 0.2) is 42.6 Å². The van der Waals surface area contributed by atoms with Gasteiger partial charge in [0.15, 0.2) is 6.10 Å². The van der Waals surface area contributed by atoms with Gasteiger partial charge >= 0.3 is 5.92 Å². The number of aliphatic hydroxyl groups excluding tert-OH is 1. The Kier molecular flexibility index (Phi) is 9.31. The minimum absolute atomic E-state index is 0.000291. The number of pyridine rings is 1. The molecule has 2 aromatic heterocycles. The lowest BCUT2D eigenvalue weighted by Crippen LogP contribution is -2.56. The summed E-state index contributed by atoms with van der Waals surface area (Å²) in [6, 6.07) is 12.4. The highest BCUT2D eigenvalue weighted by Crippen LogP contribution is 2.35. The third-order valence-corrected chi connectivity index (χ3v) is 7.94. The van der Waals surface area contributed by atoms with Crippen molar-refractivity contribution in [2.24, 2.45) is 0 Å². The Morgan fingerprint density at radius 1 is 1.20 bits per heavy atom. The van der Waals surface area contributed by atoms with Crippen LogP contribution in [0.2, 0.25) is 0 Å². The molecule has 14 heteroatoms. The number of amides is 1. The normalized spacial score (nSPS) is 20.7. The molecular formula is C31H36F2N8O4. The summed E-state index contributed by atoms with van der Waals surface area (Å²) < 4.78 is 41.0. The van der Waals surface area contributed by atoms with E-state index in [0.717, 1.165) is 30.2 Å². The molecule has 12 nitrogen and oxygen atoms in total. The number of nitrogens with one attached hydrogen (secondary N) is 1. The number of ether oxygens (including phenoxy) is 2. The van der Waals surface area contributed by atoms with Crippen LogP contribution in [0.4, 0.5) is 26.2 Å². The number of aromatic nitrogens is 3. The van der Waals surface area contributed by atoms with Gasteiger partial charge in [0.25, 0.3) is 5.91 Å².